The van der Waals surface area contributed by atoms with Crippen molar-refractivity contribution in [3.8, 4) is 0 Å². The van der Waals surface area contributed by atoms with E-state index in [-0.39, 0.29) is 12.4 Å². The van der Waals surface area contributed by atoms with Gasteiger partial charge in [0.1, 0.15) is 5.82 Å². The van der Waals surface area contributed by atoms with Gasteiger partial charge in [-0.1, -0.05) is 18.2 Å². The number of aliphatic hydroxyl groups is 1. The predicted octanol–water partition coefficient (Wildman–Crippen LogP) is 1.68. The Labute approximate surface area is 82.9 Å². The van der Waals surface area contributed by atoms with Crippen LogP contribution in [0.4, 0.5) is 4.39 Å². The Balaban J connectivity index is 2.83. The van der Waals surface area contributed by atoms with E-state index in [2.05, 4.69) is 0 Å². The third-order valence-corrected chi connectivity index (χ3v) is 1.89. The van der Waals surface area contributed by atoms with Crippen molar-refractivity contribution < 1.29 is 9.50 Å². The lowest BCUT2D eigenvalue weighted by Crippen LogP contribution is -1.97. The maximum atomic E-state index is 13.2. The zero-order valence-corrected chi connectivity index (χ0v) is 7.91. The van der Waals surface area contributed by atoms with Crippen LogP contribution in [0.1, 0.15) is 17.5 Å². The summed E-state index contributed by atoms with van der Waals surface area (Å²) in [6.45, 7) is 0.482. The van der Waals surface area contributed by atoms with Crippen LogP contribution in [0.15, 0.2) is 24.3 Å². The van der Waals surface area contributed by atoms with Gasteiger partial charge in [0.15, 0.2) is 0 Å². The summed E-state index contributed by atoms with van der Waals surface area (Å²) < 4.78 is 13.2. The average molecular weight is 195 g/mol. The molecule has 0 aromatic heterocycles. The Morgan fingerprint density at radius 3 is 2.86 bits per heavy atom. The monoisotopic (exact) mass is 195 g/mol. The van der Waals surface area contributed by atoms with Crippen molar-refractivity contribution in [2.75, 3.05) is 6.61 Å². The zero-order chi connectivity index (χ0) is 10.4. The van der Waals surface area contributed by atoms with E-state index < -0.39 is 0 Å². The molecule has 0 atom stereocenters. The molecule has 0 saturated carbocycles. The van der Waals surface area contributed by atoms with E-state index in [1.54, 1.807) is 24.3 Å². The van der Waals surface area contributed by atoms with Crippen LogP contribution in [-0.2, 0) is 6.54 Å². The SMILES string of the molecule is NCc1ccc(F)c(C=CCCO)c1. The molecule has 2 nitrogen and oxygen atoms in total. The van der Waals surface area contributed by atoms with E-state index in [0.29, 0.717) is 18.5 Å². The summed E-state index contributed by atoms with van der Waals surface area (Å²) in [5.41, 5.74) is 6.85. The van der Waals surface area contributed by atoms with Crippen molar-refractivity contribution >= 4 is 6.08 Å². The Bertz CT molecular complexity index is 323. The quantitative estimate of drug-likeness (QED) is 0.767. The molecule has 0 spiro atoms. The van der Waals surface area contributed by atoms with E-state index in [1.165, 1.54) is 6.07 Å². The summed E-state index contributed by atoms with van der Waals surface area (Å²) in [7, 11) is 0. The topological polar surface area (TPSA) is 46.2 Å². The molecule has 0 unspecified atom stereocenters. The number of benzene rings is 1. The Morgan fingerprint density at radius 1 is 1.43 bits per heavy atom. The molecule has 1 aromatic rings. The van der Waals surface area contributed by atoms with Crippen LogP contribution in [0.25, 0.3) is 6.08 Å². The third kappa shape index (κ3) is 2.94. The van der Waals surface area contributed by atoms with Gasteiger partial charge in [-0.2, -0.15) is 0 Å². The minimum Gasteiger partial charge on any atom is -0.396 e. The Morgan fingerprint density at radius 2 is 2.21 bits per heavy atom. The fraction of sp³-hybridized carbons (Fsp3) is 0.273. The molecule has 0 aliphatic rings. The fourth-order valence-corrected chi connectivity index (χ4v) is 1.13. The lowest BCUT2D eigenvalue weighted by Gasteiger charge is -2.00. The van der Waals surface area contributed by atoms with Gasteiger partial charge in [-0.15, -0.1) is 0 Å². The zero-order valence-electron chi connectivity index (χ0n) is 7.91. The molecule has 1 aromatic carbocycles. The van der Waals surface area contributed by atoms with Crippen LogP contribution in [0, 0.1) is 5.82 Å². The van der Waals surface area contributed by atoms with Gasteiger partial charge in [-0.3, -0.25) is 0 Å². The lowest BCUT2D eigenvalue weighted by molar-refractivity contribution is 0.303. The average Bonchev–Trinajstić information content (AvgIpc) is 2.21. The standard InChI is InChI=1S/C11H14FNO/c12-11-5-4-9(8-13)7-10(11)3-1-2-6-14/h1,3-5,7,14H,2,6,8,13H2. The van der Waals surface area contributed by atoms with Crippen molar-refractivity contribution in [2.45, 2.75) is 13.0 Å². The van der Waals surface area contributed by atoms with Crippen molar-refractivity contribution in [3.63, 3.8) is 0 Å². The van der Waals surface area contributed by atoms with Crippen LogP contribution in [0.3, 0.4) is 0 Å². The number of rotatable bonds is 4. The maximum Gasteiger partial charge on any atom is 0.130 e. The van der Waals surface area contributed by atoms with Crippen molar-refractivity contribution in [3.05, 3.63) is 41.2 Å². The van der Waals surface area contributed by atoms with E-state index in [9.17, 15) is 4.39 Å². The van der Waals surface area contributed by atoms with E-state index >= 15 is 0 Å². The summed E-state index contributed by atoms with van der Waals surface area (Å²) in [5, 5.41) is 8.55. The molecule has 0 aliphatic carbocycles. The highest BCUT2D eigenvalue weighted by Crippen LogP contribution is 2.12. The molecular formula is C11H14FNO. The van der Waals surface area contributed by atoms with E-state index in [4.69, 9.17) is 10.8 Å². The molecule has 0 bridgehead atoms. The molecule has 0 amide bonds. The van der Waals surface area contributed by atoms with Gasteiger partial charge in [-0.05, 0) is 24.1 Å². The summed E-state index contributed by atoms with van der Waals surface area (Å²) in [5.74, 6) is -0.267. The van der Waals surface area contributed by atoms with Gasteiger partial charge in [0, 0.05) is 18.7 Å². The Hall–Kier alpha value is -1.19. The second kappa shape index (κ2) is 5.52. The number of hydrogen-bond donors (Lipinski definition) is 2. The normalized spacial score (nSPS) is 11.1. The lowest BCUT2D eigenvalue weighted by atomic mass is 10.1. The Kier molecular flexibility index (Phi) is 4.29. The number of aliphatic hydroxyl groups excluding tert-OH is 1. The van der Waals surface area contributed by atoms with Gasteiger partial charge in [0.2, 0.25) is 0 Å². The van der Waals surface area contributed by atoms with E-state index in [0.717, 1.165) is 5.56 Å². The van der Waals surface area contributed by atoms with Gasteiger partial charge >= 0.3 is 0 Å². The molecular weight excluding hydrogens is 181 g/mol. The molecule has 76 valence electrons. The molecule has 0 saturated heterocycles. The first kappa shape index (κ1) is 10.9. The highest BCUT2D eigenvalue weighted by Gasteiger charge is 1.98. The first-order valence-electron chi connectivity index (χ1n) is 4.54. The minimum absolute atomic E-state index is 0.0781. The molecule has 0 fully saturated rings. The number of hydrogen-bond acceptors (Lipinski definition) is 2. The molecule has 1 rings (SSSR count). The summed E-state index contributed by atoms with van der Waals surface area (Å²) >= 11 is 0. The summed E-state index contributed by atoms with van der Waals surface area (Å²) in [4.78, 5) is 0. The van der Waals surface area contributed by atoms with Crippen molar-refractivity contribution in [2.24, 2.45) is 5.73 Å². The molecule has 14 heavy (non-hydrogen) atoms. The minimum atomic E-state index is -0.267. The smallest absolute Gasteiger partial charge is 0.130 e. The molecule has 0 heterocycles. The largest absolute Gasteiger partial charge is 0.396 e. The molecule has 0 radical (unpaired) electrons. The first-order chi connectivity index (χ1) is 6.77. The summed E-state index contributed by atoms with van der Waals surface area (Å²) in [6, 6.07) is 4.78. The van der Waals surface area contributed by atoms with Gasteiger partial charge in [0.05, 0.1) is 0 Å². The van der Waals surface area contributed by atoms with E-state index in [1.807, 2.05) is 0 Å². The van der Waals surface area contributed by atoms with Crippen LogP contribution in [-0.4, -0.2) is 11.7 Å². The van der Waals surface area contributed by atoms with Crippen LogP contribution >= 0.6 is 0 Å². The highest BCUT2D eigenvalue weighted by molar-refractivity contribution is 5.51. The first-order valence-corrected chi connectivity index (χ1v) is 4.54. The number of nitrogens with two attached hydrogens (primary N) is 1. The van der Waals surface area contributed by atoms with Crippen molar-refractivity contribution in [1.29, 1.82) is 0 Å². The third-order valence-electron chi connectivity index (χ3n) is 1.89. The second-order valence-corrected chi connectivity index (χ2v) is 2.97. The molecule has 3 N–H and O–H groups in total. The fourth-order valence-electron chi connectivity index (χ4n) is 1.13. The van der Waals surface area contributed by atoms with Gasteiger partial charge in [0.25, 0.3) is 0 Å². The second-order valence-electron chi connectivity index (χ2n) is 2.97. The van der Waals surface area contributed by atoms with Crippen LogP contribution in [0.2, 0.25) is 0 Å². The maximum absolute atomic E-state index is 13.2. The van der Waals surface area contributed by atoms with Crippen LogP contribution in [0.5, 0.6) is 0 Å². The molecule has 0 aliphatic heterocycles. The van der Waals surface area contributed by atoms with Crippen LogP contribution < -0.4 is 5.73 Å². The molecule has 3 heteroatoms. The summed E-state index contributed by atoms with van der Waals surface area (Å²) in [6.07, 6.45) is 3.93. The van der Waals surface area contributed by atoms with Gasteiger partial charge < -0.3 is 10.8 Å². The predicted molar refractivity (Wildman–Crippen MR) is 55.0 cm³/mol. The van der Waals surface area contributed by atoms with Crippen molar-refractivity contribution in [1.82, 2.24) is 0 Å². The highest BCUT2D eigenvalue weighted by atomic mass is 19.1. The number of halogens is 1. The van der Waals surface area contributed by atoms with Gasteiger partial charge in [-0.25, -0.2) is 4.39 Å².